The van der Waals surface area contributed by atoms with Crippen molar-refractivity contribution in [1.29, 1.82) is 0 Å². The molecule has 4 rings (SSSR count). The third-order valence-electron chi connectivity index (χ3n) is 5.15. The summed E-state index contributed by atoms with van der Waals surface area (Å²) in [4.78, 5) is 34.1. The van der Waals surface area contributed by atoms with Gasteiger partial charge in [0.1, 0.15) is 11.5 Å². The fraction of sp³-hybridized carbons (Fsp3) is 0.261. The van der Waals surface area contributed by atoms with Gasteiger partial charge in [0.25, 0.3) is 5.56 Å². The molecule has 3 aromatic heterocycles. The van der Waals surface area contributed by atoms with E-state index in [1.807, 2.05) is 27.0 Å². The topological polar surface area (TPSA) is 115 Å². The summed E-state index contributed by atoms with van der Waals surface area (Å²) in [5, 5.41) is 10.1. The van der Waals surface area contributed by atoms with Crippen molar-refractivity contribution in [3.8, 4) is 11.1 Å². The van der Waals surface area contributed by atoms with E-state index in [1.165, 1.54) is 34.5 Å². The number of hydrogen-bond donors (Lipinski definition) is 2. The Morgan fingerprint density at radius 1 is 1.18 bits per heavy atom. The molecule has 0 fully saturated rings. The number of aryl methyl sites for hydroxylation is 1. The maximum atomic E-state index is 14.5. The number of amides is 2. The maximum absolute atomic E-state index is 14.5. The van der Waals surface area contributed by atoms with Crippen molar-refractivity contribution < 1.29 is 13.7 Å². The average Bonchev–Trinajstić information content (AvgIpc) is 3.26. The Hall–Kier alpha value is -3.73. The van der Waals surface area contributed by atoms with Gasteiger partial charge in [-0.2, -0.15) is 0 Å². The summed E-state index contributed by atoms with van der Waals surface area (Å²) in [6.07, 6.45) is 3.49. The van der Waals surface area contributed by atoms with Gasteiger partial charge < -0.3 is 9.84 Å². The van der Waals surface area contributed by atoms with Crippen LogP contribution in [0.25, 0.3) is 22.2 Å². The molecule has 0 spiro atoms. The van der Waals surface area contributed by atoms with E-state index >= 15 is 0 Å². The predicted octanol–water partition coefficient (Wildman–Crippen LogP) is 4.79. The molecule has 0 atom stereocenters. The number of benzene rings is 1. The molecule has 11 heteroatoms. The lowest BCUT2D eigenvalue weighted by atomic mass is 9.92. The molecular formula is C23H23FN6O3S. The first-order valence-corrected chi connectivity index (χ1v) is 11.5. The molecule has 0 aliphatic carbocycles. The standard InChI is InChI=1S/C23H23FN6O3S/c1-23(2,3)17-10-18(33-29-17)27-21(32)26-16-9-12(6-7-15(16)24)14-8-13-11-25-22(34-5)28-19(13)30(4)20(14)31/h6-11H,1-5H3,(H2,26,27,32). The maximum Gasteiger partial charge on any atom is 0.326 e. The van der Waals surface area contributed by atoms with Crippen LogP contribution in [0.2, 0.25) is 0 Å². The first-order valence-electron chi connectivity index (χ1n) is 10.3. The lowest BCUT2D eigenvalue weighted by Crippen LogP contribution is -2.21. The van der Waals surface area contributed by atoms with Gasteiger partial charge in [-0.25, -0.2) is 19.2 Å². The third-order valence-corrected chi connectivity index (χ3v) is 5.71. The number of nitrogens with zero attached hydrogens (tertiary/aromatic N) is 4. The van der Waals surface area contributed by atoms with Crippen LogP contribution in [0.5, 0.6) is 0 Å². The summed E-state index contributed by atoms with van der Waals surface area (Å²) in [6, 6.07) is 6.61. The highest BCUT2D eigenvalue weighted by atomic mass is 32.2. The lowest BCUT2D eigenvalue weighted by Gasteiger charge is -2.12. The number of halogens is 1. The minimum atomic E-state index is -0.711. The van der Waals surface area contributed by atoms with Crippen LogP contribution >= 0.6 is 11.8 Å². The molecule has 176 valence electrons. The number of aromatic nitrogens is 4. The number of fused-ring (bicyclic) bond motifs is 1. The van der Waals surface area contributed by atoms with Crippen LogP contribution in [0, 0.1) is 5.82 Å². The van der Waals surface area contributed by atoms with E-state index in [1.54, 1.807) is 25.4 Å². The van der Waals surface area contributed by atoms with E-state index in [0.717, 1.165) is 0 Å². The average molecular weight is 483 g/mol. The third kappa shape index (κ3) is 4.65. The molecule has 9 nitrogen and oxygen atoms in total. The zero-order valence-corrected chi connectivity index (χ0v) is 20.1. The summed E-state index contributed by atoms with van der Waals surface area (Å²) >= 11 is 1.37. The van der Waals surface area contributed by atoms with Crippen molar-refractivity contribution in [2.75, 3.05) is 16.9 Å². The van der Waals surface area contributed by atoms with Gasteiger partial charge >= 0.3 is 6.03 Å². The second kappa shape index (κ2) is 8.90. The first-order chi connectivity index (χ1) is 16.1. The summed E-state index contributed by atoms with van der Waals surface area (Å²) < 4.78 is 21.0. The fourth-order valence-corrected chi connectivity index (χ4v) is 3.61. The van der Waals surface area contributed by atoms with Crippen LogP contribution in [-0.4, -0.2) is 32.0 Å². The molecular weight excluding hydrogens is 459 g/mol. The van der Waals surface area contributed by atoms with Crippen molar-refractivity contribution >= 4 is 40.4 Å². The SMILES string of the molecule is CSc1ncc2cc(-c3ccc(F)c(NC(=O)Nc4cc(C(C)(C)C)no4)c3)c(=O)n(C)c2n1. The molecule has 0 saturated heterocycles. The van der Waals surface area contributed by atoms with E-state index in [9.17, 15) is 14.0 Å². The van der Waals surface area contributed by atoms with Gasteiger partial charge in [0.2, 0.25) is 5.88 Å². The summed E-state index contributed by atoms with van der Waals surface area (Å²) in [6.45, 7) is 5.88. The highest BCUT2D eigenvalue weighted by molar-refractivity contribution is 7.98. The molecule has 0 bridgehead atoms. The molecule has 0 unspecified atom stereocenters. The zero-order valence-electron chi connectivity index (χ0n) is 19.3. The smallest absolute Gasteiger partial charge is 0.326 e. The number of anilines is 2. The molecule has 3 heterocycles. The Morgan fingerprint density at radius 2 is 1.94 bits per heavy atom. The number of nitrogens with one attached hydrogen (secondary N) is 2. The molecule has 2 amide bonds. The molecule has 0 aliphatic rings. The predicted molar refractivity (Wildman–Crippen MR) is 130 cm³/mol. The van der Waals surface area contributed by atoms with Crippen molar-refractivity contribution in [2.45, 2.75) is 31.3 Å². The Labute approximate surface area is 198 Å². The number of thioether (sulfide) groups is 1. The molecule has 0 radical (unpaired) electrons. The number of hydrogen-bond acceptors (Lipinski definition) is 7. The minimum Gasteiger partial charge on any atom is -0.338 e. The van der Waals surface area contributed by atoms with Crippen molar-refractivity contribution in [1.82, 2.24) is 19.7 Å². The van der Waals surface area contributed by atoms with Crippen LogP contribution in [-0.2, 0) is 12.5 Å². The molecule has 2 N–H and O–H groups in total. The van der Waals surface area contributed by atoms with Gasteiger partial charge in [0.15, 0.2) is 5.16 Å². The van der Waals surface area contributed by atoms with Gasteiger partial charge in [0, 0.05) is 35.7 Å². The van der Waals surface area contributed by atoms with Gasteiger partial charge in [-0.05, 0) is 30.0 Å². The molecule has 0 aliphatic heterocycles. The van der Waals surface area contributed by atoms with Gasteiger partial charge in [0.05, 0.1) is 11.4 Å². The second-order valence-electron chi connectivity index (χ2n) is 8.66. The van der Waals surface area contributed by atoms with E-state index in [-0.39, 0.29) is 22.5 Å². The molecule has 1 aromatic carbocycles. The summed E-state index contributed by atoms with van der Waals surface area (Å²) in [5.41, 5.74) is 1.26. The van der Waals surface area contributed by atoms with E-state index in [4.69, 9.17) is 4.52 Å². The number of pyridine rings is 1. The van der Waals surface area contributed by atoms with Crippen LogP contribution in [0.1, 0.15) is 26.5 Å². The van der Waals surface area contributed by atoms with Gasteiger partial charge in [-0.15, -0.1) is 0 Å². The Morgan fingerprint density at radius 3 is 2.62 bits per heavy atom. The van der Waals surface area contributed by atoms with Crippen LogP contribution in [0.3, 0.4) is 0 Å². The van der Waals surface area contributed by atoms with Gasteiger partial charge in [-0.3, -0.25) is 14.7 Å². The number of carbonyl (C=O) groups is 1. The largest absolute Gasteiger partial charge is 0.338 e. The van der Waals surface area contributed by atoms with Gasteiger partial charge in [-0.1, -0.05) is 43.8 Å². The van der Waals surface area contributed by atoms with Crippen molar-refractivity contribution in [2.24, 2.45) is 7.05 Å². The molecule has 4 aromatic rings. The van der Waals surface area contributed by atoms with E-state index < -0.39 is 11.8 Å². The van der Waals surface area contributed by atoms with Crippen molar-refractivity contribution in [3.05, 3.63) is 58.4 Å². The minimum absolute atomic E-state index is 0.0957. The van der Waals surface area contributed by atoms with E-state index in [2.05, 4.69) is 25.8 Å². The van der Waals surface area contributed by atoms with Crippen LogP contribution in [0.4, 0.5) is 20.8 Å². The van der Waals surface area contributed by atoms with Crippen LogP contribution in [0.15, 0.2) is 51.0 Å². The number of carbonyl (C=O) groups excluding carboxylic acids is 1. The Balaban J connectivity index is 1.63. The van der Waals surface area contributed by atoms with E-state index in [0.29, 0.717) is 33.0 Å². The summed E-state index contributed by atoms with van der Waals surface area (Å²) in [5.74, 6) is -0.524. The first kappa shape index (κ1) is 23.4. The highest BCUT2D eigenvalue weighted by Crippen LogP contribution is 2.26. The molecule has 0 saturated carbocycles. The van der Waals surface area contributed by atoms with Crippen molar-refractivity contribution in [3.63, 3.8) is 0 Å². The molecule has 34 heavy (non-hydrogen) atoms. The lowest BCUT2D eigenvalue weighted by molar-refractivity contribution is 0.261. The number of rotatable bonds is 4. The normalized spacial score (nSPS) is 11.6. The fourth-order valence-electron chi connectivity index (χ4n) is 3.28. The quantitative estimate of drug-likeness (QED) is 0.318. The summed E-state index contributed by atoms with van der Waals surface area (Å²) in [7, 11) is 1.62. The zero-order chi connectivity index (χ0) is 24.6. The monoisotopic (exact) mass is 482 g/mol. The second-order valence-corrected chi connectivity index (χ2v) is 9.43. The highest BCUT2D eigenvalue weighted by Gasteiger charge is 2.20. The number of urea groups is 1. The van der Waals surface area contributed by atoms with Crippen LogP contribution < -0.4 is 16.2 Å². The Bertz CT molecular complexity index is 1460. The Kier molecular flexibility index (Phi) is 6.13.